The summed E-state index contributed by atoms with van der Waals surface area (Å²) in [7, 11) is 1.61. The number of ether oxygens (including phenoxy) is 1. The number of hydrogen-bond acceptors (Lipinski definition) is 2. The SMILES string of the molecule is COCCNC(=O)c1cc[c]cc1C. The number of methoxy groups -OCH3 is 1. The van der Waals surface area contributed by atoms with Gasteiger partial charge in [-0.15, -0.1) is 0 Å². The molecule has 14 heavy (non-hydrogen) atoms. The van der Waals surface area contributed by atoms with E-state index >= 15 is 0 Å². The largest absolute Gasteiger partial charge is 0.383 e. The van der Waals surface area contributed by atoms with Crippen LogP contribution in [0.2, 0.25) is 0 Å². The van der Waals surface area contributed by atoms with E-state index in [-0.39, 0.29) is 5.91 Å². The number of carbonyl (C=O) groups excluding carboxylic acids is 1. The number of hydrogen-bond donors (Lipinski definition) is 1. The van der Waals surface area contributed by atoms with Gasteiger partial charge in [-0.3, -0.25) is 4.79 Å². The molecule has 75 valence electrons. The molecule has 0 spiro atoms. The van der Waals surface area contributed by atoms with Gasteiger partial charge in [0.05, 0.1) is 6.61 Å². The van der Waals surface area contributed by atoms with E-state index in [1.165, 1.54) is 0 Å². The van der Waals surface area contributed by atoms with Gasteiger partial charge in [0.15, 0.2) is 0 Å². The molecule has 0 unspecified atom stereocenters. The Bertz CT molecular complexity index is 310. The van der Waals surface area contributed by atoms with Gasteiger partial charge in [-0.1, -0.05) is 12.1 Å². The van der Waals surface area contributed by atoms with Gasteiger partial charge >= 0.3 is 0 Å². The highest BCUT2D eigenvalue weighted by Crippen LogP contribution is 2.05. The summed E-state index contributed by atoms with van der Waals surface area (Å²) in [6, 6.07) is 8.21. The third-order valence-corrected chi connectivity index (χ3v) is 1.91. The van der Waals surface area contributed by atoms with Gasteiger partial charge in [-0.2, -0.15) is 0 Å². The minimum atomic E-state index is -0.0615. The zero-order valence-corrected chi connectivity index (χ0v) is 8.46. The first-order valence-corrected chi connectivity index (χ1v) is 4.49. The summed E-state index contributed by atoms with van der Waals surface area (Å²) >= 11 is 0. The molecule has 0 heterocycles. The van der Waals surface area contributed by atoms with Gasteiger partial charge in [0, 0.05) is 19.2 Å². The third-order valence-electron chi connectivity index (χ3n) is 1.91. The summed E-state index contributed by atoms with van der Waals surface area (Å²) in [6.45, 7) is 2.96. The number of benzene rings is 1. The van der Waals surface area contributed by atoms with E-state index < -0.39 is 0 Å². The Labute approximate surface area is 84.1 Å². The fourth-order valence-corrected chi connectivity index (χ4v) is 1.13. The summed E-state index contributed by atoms with van der Waals surface area (Å²) in [4.78, 5) is 11.6. The summed E-state index contributed by atoms with van der Waals surface area (Å²) in [5.41, 5.74) is 1.63. The second-order valence-corrected chi connectivity index (χ2v) is 2.99. The molecular formula is C11H14NO2. The van der Waals surface area contributed by atoms with Crippen LogP contribution in [0.5, 0.6) is 0 Å². The van der Waals surface area contributed by atoms with Crippen molar-refractivity contribution in [2.24, 2.45) is 0 Å². The van der Waals surface area contributed by atoms with E-state index in [0.717, 1.165) is 5.56 Å². The molecule has 0 aliphatic rings. The number of rotatable bonds is 4. The first-order valence-electron chi connectivity index (χ1n) is 4.49. The van der Waals surface area contributed by atoms with Crippen LogP contribution in [0, 0.1) is 13.0 Å². The van der Waals surface area contributed by atoms with Crippen LogP contribution in [-0.2, 0) is 4.74 Å². The Hall–Kier alpha value is -1.35. The second-order valence-electron chi connectivity index (χ2n) is 2.99. The van der Waals surface area contributed by atoms with Crippen LogP contribution < -0.4 is 5.32 Å². The topological polar surface area (TPSA) is 38.3 Å². The summed E-state index contributed by atoms with van der Waals surface area (Å²) < 4.78 is 4.84. The van der Waals surface area contributed by atoms with Gasteiger partial charge in [0.2, 0.25) is 0 Å². The van der Waals surface area contributed by atoms with Crippen molar-refractivity contribution >= 4 is 5.91 Å². The van der Waals surface area contributed by atoms with Gasteiger partial charge in [-0.05, 0) is 24.6 Å². The maximum atomic E-state index is 11.6. The van der Waals surface area contributed by atoms with Gasteiger partial charge in [-0.25, -0.2) is 0 Å². The maximum Gasteiger partial charge on any atom is 0.251 e. The van der Waals surface area contributed by atoms with E-state index in [9.17, 15) is 4.79 Å². The molecule has 0 aromatic heterocycles. The quantitative estimate of drug-likeness (QED) is 0.727. The van der Waals surface area contributed by atoms with E-state index in [1.54, 1.807) is 25.3 Å². The predicted molar refractivity (Wildman–Crippen MR) is 54.2 cm³/mol. The summed E-state index contributed by atoms with van der Waals surface area (Å²) in [5.74, 6) is -0.0615. The van der Waals surface area contributed by atoms with Crippen molar-refractivity contribution in [3.63, 3.8) is 0 Å². The Morgan fingerprint density at radius 2 is 2.43 bits per heavy atom. The van der Waals surface area contributed by atoms with Crippen molar-refractivity contribution in [1.29, 1.82) is 0 Å². The fraction of sp³-hybridized carbons (Fsp3) is 0.364. The first kappa shape index (κ1) is 10.7. The fourth-order valence-electron chi connectivity index (χ4n) is 1.13. The molecule has 0 atom stereocenters. The lowest BCUT2D eigenvalue weighted by molar-refractivity contribution is 0.0936. The summed E-state index contributed by atoms with van der Waals surface area (Å²) in [6.07, 6.45) is 0. The molecule has 1 aromatic rings. The molecule has 1 rings (SSSR count). The molecule has 0 bridgehead atoms. The van der Waals surface area contributed by atoms with Gasteiger partial charge in [0.1, 0.15) is 0 Å². The van der Waals surface area contributed by atoms with Crippen molar-refractivity contribution in [3.8, 4) is 0 Å². The van der Waals surface area contributed by atoms with Crippen LogP contribution in [0.4, 0.5) is 0 Å². The van der Waals surface area contributed by atoms with Crippen molar-refractivity contribution < 1.29 is 9.53 Å². The highest BCUT2D eigenvalue weighted by atomic mass is 16.5. The van der Waals surface area contributed by atoms with Gasteiger partial charge in [0.25, 0.3) is 5.91 Å². The van der Waals surface area contributed by atoms with Crippen molar-refractivity contribution in [2.45, 2.75) is 6.92 Å². The van der Waals surface area contributed by atoms with E-state index in [2.05, 4.69) is 11.4 Å². The van der Waals surface area contributed by atoms with E-state index in [1.807, 2.05) is 6.92 Å². The number of nitrogens with one attached hydrogen (secondary N) is 1. The molecule has 1 radical (unpaired) electrons. The van der Waals surface area contributed by atoms with Crippen molar-refractivity contribution in [3.05, 3.63) is 35.4 Å². The molecule has 0 fully saturated rings. The molecular weight excluding hydrogens is 178 g/mol. The Morgan fingerprint density at radius 1 is 1.64 bits per heavy atom. The van der Waals surface area contributed by atoms with Crippen LogP contribution in [0.3, 0.4) is 0 Å². The predicted octanol–water partition coefficient (Wildman–Crippen LogP) is 1.17. The first-order chi connectivity index (χ1) is 6.75. The molecule has 1 amide bonds. The molecule has 0 saturated carbocycles. The molecule has 3 heteroatoms. The van der Waals surface area contributed by atoms with E-state index in [0.29, 0.717) is 18.7 Å². The average Bonchev–Trinajstić information content (AvgIpc) is 2.18. The zero-order chi connectivity index (χ0) is 10.4. The lowest BCUT2D eigenvalue weighted by Crippen LogP contribution is -2.27. The van der Waals surface area contributed by atoms with Crippen LogP contribution >= 0.6 is 0 Å². The van der Waals surface area contributed by atoms with Crippen LogP contribution in [0.15, 0.2) is 18.2 Å². The Balaban J connectivity index is 2.56. The lowest BCUT2D eigenvalue weighted by Gasteiger charge is -2.06. The van der Waals surface area contributed by atoms with Gasteiger partial charge < -0.3 is 10.1 Å². The molecule has 1 N–H and O–H groups in total. The Morgan fingerprint density at radius 3 is 3.07 bits per heavy atom. The molecule has 1 aromatic carbocycles. The number of aryl methyl sites for hydroxylation is 1. The maximum absolute atomic E-state index is 11.6. The monoisotopic (exact) mass is 192 g/mol. The number of carbonyl (C=O) groups is 1. The molecule has 0 aliphatic heterocycles. The highest BCUT2D eigenvalue weighted by Gasteiger charge is 2.06. The normalized spacial score (nSPS) is 9.86. The van der Waals surface area contributed by atoms with Crippen molar-refractivity contribution in [1.82, 2.24) is 5.32 Å². The highest BCUT2D eigenvalue weighted by molar-refractivity contribution is 5.95. The van der Waals surface area contributed by atoms with Crippen molar-refractivity contribution in [2.75, 3.05) is 20.3 Å². The van der Waals surface area contributed by atoms with Crippen LogP contribution in [-0.4, -0.2) is 26.2 Å². The lowest BCUT2D eigenvalue weighted by atomic mass is 10.1. The Kier molecular flexibility index (Phi) is 4.13. The van der Waals surface area contributed by atoms with Crippen LogP contribution in [0.1, 0.15) is 15.9 Å². The average molecular weight is 192 g/mol. The number of amides is 1. The minimum Gasteiger partial charge on any atom is -0.383 e. The second kappa shape index (κ2) is 5.40. The van der Waals surface area contributed by atoms with Crippen LogP contribution in [0.25, 0.3) is 0 Å². The third kappa shape index (κ3) is 2.85. The molecule has 0 aliphatic carbocycles. The smallest absolute Gasteiger partial charge is 0.251 e. The minimum absolute atomic E-state index is 0.0615. The molecule has 0 saturated heterocycles. The molecule has 3 nitrogen and oxygen atoms in total. The zero-order valence-electron chi connectivity index (χ0n) is 8.46. The summed E-state index contributed by atoms with van der Waals surface area (Å²) in [5, 5.41) is 2.76. The van der Waals surface area contributed by atoms with E-state index in [4.69, 9.17) is 4.74 Å². The standard InChI is InChI=1S/C11H14NO2/c1-9-5-3-4-6-10(9)11(13)12-7-8-14-2/h4-6H,7-8H2,1-2H3,(H,12,13).